The molecule has 0 aromatic heterocycles. The first-order valence-electron chi connectivity index (χ1n) is 5.22. The van der Waals surface area contributed by atoms with E-state index < -0.39 is 6.03 Å². The highest BCUT2D eigenvalue weighted by Crippen LogP contribution is 2.18. The fourth-order valence-electron chi connectivity index (χ4n) is 1.68. The van der Waals surface area contributed by atoms with Crippen LogP contribution in [0, 0.1) is 5.82 Å². The van der Waals surface area contributed by atoms with Gasteiger partial charge in [-0.1, -0.05) is 6.07 Å². The molecule has 4 nitrogen and oxygen atoms in total. The Balaban J connectivity index is 0.00000144. The minimum atomic E-state index is -0.685. The van der Waals surface area contributed by atoms with Crippen LogP contribution in [0.15, 0.2) is 18.2 Å². The Morgan fingerprint density at radius 1 is 1.56 bits per heavy atom. The third-order valence-electron chi connectivity index (χ3n) is 2.66. The minimum absolute atomic E-state index is 0. The molecule has 1 aromatic carbocycles. The number of hydrogen-bond acceptors (Lipinski definition) is 2. The zero-order valence-electron chi connectivity index (χ0n) is 8.87. The molecule has 1 fully saturated rings. The van der Waals surface area contributed by atoms with E-state index in [1.165, 1.54) is 12.5 Å². The number of nitrogens with two attached hydrogens (primary N) is 1. The van der Waals surface area contributed by atoms with Crippen molar-refractivity contribution in [3.05, 3.63) is 29.6 Å². The van der Waals surface area contributed by atoms with Crippen molar-refractivity contribution in [1.82, 2.24) is 4.90 Å². The van der Waals surface area contributed by atoms with Crippen LogP contribution in [0.5, 0.6) is 0 Å². The number of amides is 2. The van der Waals surface area contributed by atoms with Crippen molar-refractivity contribution in [2.75, 3.05) is 18.4 Å². The first kappa shape index (κ1) is 10.9. The van der Waals surface area contributed by atoms with Gasteiger partial charge in [-0.15, -0.1) is 0 Å². The van der Waals surface area contributed by atoms with Crippen LogP contribution in [0.4, 0.5) is 14.9 Å². The van der Waals surface area contributed by atoms with Gasteiger partial charge in [0.2, 0.25) is 0 Å². The third kappa shape index (κ3) is 2.49. The second-order valence-electron chi connectivity index (χ2n) is 3.93. The SMILES string of the molecule is NC(=O)Nc1ccc(CN2CCC2)c(F)c1.[HH].[HH]. The van der Waals surface area contributed by atoms with E-state index in [-0.39, 0.29) is 8.67 Å². The minimum Gasteiger partial charge on any atom is -0.351 e. The molecule has 1 saturated heterocycles. The summed E-state index contributed by atoms with van der Waals surface area (Å²) in [4.78, 5) is 12.7. The Morgan fingerprint density at radius 2 is 2.31 bits per heavy atom. The summed E-state index contributed by atoms with van der Waals surface area (Å²) >= 11 is 0. The molecule has 0 bridgehead atoms. The topological polar surface area (TPSA) is 58.4 Å². The van der Waals surface area contributed by atoms with Gasteiger partial charge in [0.15, 0.2) is 0 Å². The standard InChI is InChI=1S/C11H14FN3O.2H2/c12-10-6-9(14-11(13)16)3-2-8(10)7-15-4-1-5-15;;/h2-3,6H,1,4-5,7H2,(H3,13,14,16);2*1H. The Kier molecular flexibility index (Phi) is 3.05. The van der Waals surface area contributed by atoms with Gasteiger partial charge in [0.05, 0.1) is 0 Å². The number of nitrogens with zero attached hydrogens (tertiary/aromatic N) is 1. The molecule has 16 heavy (non-hydrogen) atoms. The normalized spacial score (nSPS) is 15.6. The van der Waals surface area contributed by atoms with E-state index in [0.29, 0.717) is 17.8 Å². The largest absolute Gasteiger partial charge is 0.351 e. The van der Waals surface area contributed by atoms with Gasteiger partial charge >= 0.3 is 6.03 Å². The number of hydrogen-bond donors (Lipinski definition) is 2. The first-order valence-corrected chi connectivity index (χ1v) is 5.22. The van der Waals surface area contributed by atoms with Crippen molar-refractivity contribution in [2.45, 2.75) is 13.0 Å². The van der Waals surface area contributed by atoms with Crippen LogP contribution in [0.1, 0.15) is 14.8 Å². The lowest BCUT2D eigenvalue weighted by Crippen LogP contribution is -2.36. The Hall–Kier alpha value is -1.62. The summed E-state index contributed by atoms with van der Waals surface area (Å²) in [7, 11) is 0. The molecule has 0 atom stereocenters. The number of anilines is 1. The molecule has 1 aromatic rings. The van der Waals surface area contributed by atoms with E-state index in [4.69, 9.17) is 5.73 Å². The third-order valence-corrected chi connectivity index (χ3v) is 2.66. The molecule has 5 heteroatoms. The second kappa shape index (κ2) is 4.49. The van der Waals surface area contributed by atoms with E-state index in [9.17, 15) is 9.18 Å². The summed E-state index contributed by atoms with van der Waals surface area (Å²) in [6.07, 6.45) is 1.18. The van der Waals surface area contributed by atoms with E-state index in [1.807, 2.05) is 0 Å². The quantitative estimate of drug-likeness (QED) is 0.829. The van der Waals surface area contributed by atoms with Crippen LogP contribution in [0.3, 0.4) is 0 Å². The number of urea groups is 1. The van der Waals surface area contributed by atoms with Crippen LogP contribution in [0.25, 0.3) is 0 Å². The van der Waals surface area contributed by atoms with Crippen molar-refractivity contribution < 1.29 is 12.0 Å². The molecule has 1 aliphatic rings. The van der Waals surface area contributed by atoms with Gasteiger partial charge in [-0.05, 0) is 31.6 Å². The molecule has 3 N–H and O–H groups in total. The zero-order valence-corrected chi connectivity index (χ0v) is 8.87. The van der Waals surface area contributed by atoms with Gasteiger partial charge in [0.1, 0.15) is 5.82 Å². The number of halogens is 1. The maximum atomic E-state index is 13.6. The van der Waals surface area contributed by atoms with Gasteiger partial charge in [-0.3, -0.25) is 4.90 Å². The molecule has 0 unspecified atom stereocenters. The zero-order chi connectivity index (χ0) is 11.5. The summed E-state index contributed by atoms with van der Waals surface area (Å²) in [5.41, 5.74) is 5.98. The number of benzene rings is 1. The van der Waals surface area contributed by atoms with Crippen LogP contribution in [-0.2, 0) is 6.54 Å². The van der Waals surface area contributed by atoms with Gasteiger partial charge < -0.3 is 11.1 Å². The van der Waals surface area contributed by atoms with Crippen molar-refractivity contribution >= 4 is 11.7 Å². The fraction of sp³-hybridized carbons (Fsp3) is 0.364. The highest BCUT2D eigenvalue weighted by Gasteiger charge is 2.15. The lowest BCUT2D eigenvalue weighted by molar-refractivity contribution is 0.170. The van der Waals surface area contributed by atoms with Crippen molar-refractivity contribution in [3.63, 3.8) is 0 Å². The number of likely N-dealkylation sites (tertiary alicyclic amines) is 1. The van der Waals surface area contributed by atoms with Crippen LogP contribution >= 0.6 is 0 Å². The number of primary amides is 1. The smallest absolute Gasteiger partial charge is 0.316 e. The van der Waals surface area contributed by atoms with E-state index in [2.05, 4.69) is 10.2 Å². The maximum absolute atomic E-state index is 13.6. The number of carbonyl (C=O) groups excluding carboxylic acids is 1. The summed E-state index contributed by atoms with van der Waals surface area (Å²) in [6.45, 7) is 2.68. The van der Waals surface area contributed by atoms with E-state index in [0.717, 1.165) is 13.1 Å². The van der Waals surface area contributed by atoms with Crippen LogP contribution in [0.2, 0.25) is 0 Å². The highest BCUT2D eigenvalue weighted by molar-refractivity contribution is 5.87. The second-order valence-corrected chi connectivity index (χ2v) is 3.93. The monoisotopic (exact) mass is 227 g/mol. The van der Waals surface area contributed by atoms with Crippen molar-refractivity contribution in [1.29, 1.82) is 0 Å². The Morgan fingerprint density at radius 3 is 2.81 bits per heavy atom. The molecule has 0 spiro atoms. The molecule has 0 saturated carbocycles. The number of rotatable bonds is 3. The lowest BCUT2D eigenvalue weighted by atomic mass is 10.1. The molecule has 1 aliphatic heterocycles. The fourth-order valence-corrected chi connectivity index (χ4v) is 1.68. The Labute approximate surface area is 96.2 Å². The number of nitrogens with one attached hydrogen (secondary N) is 1. The summed E-state index contributed by atoms with van der Waals surface area (Å²) < 4.78 is 13.6. The maximum Gasteiger partial charge on any atom is 0.316 e. The van der Waals surface area contributed by atoms with Crippen molar-refractivity contribution in [3.8, 4) is 0 Å². The first-order chi connectivity index (χ1) is 7.65. The van der Waals surface area contributed by atoms with Crippen LogP contribution in [-0.4, -0.2) is 24.0 Å². The summed E-state index contributed by atoms with van der Waals surface area (Å²) in [5.74, 6) is -0.307. The van der Waals surface area contributed by atoms with Gasteiger partial charge in [-0.25, -0.2) is 9.18 Å². The van der Waals surface area contributed by atoms with E-state index >= 15 is 0 Å². The summed E-state index contributed by atoms with van der Waals surface area (Å²) in [5, 5.41) is 2.34. The predicted octanol–water partition coefficient (Wildman–Crippen LogP) is 2.01. The molecule has 2 amide bonds. The Bertz CT molecular complexity index is 413. The number of carbonyl (C=O) groups is 1. The van der Waals surface area contributed by atoms with Gasteiger partial charge in [-0.2, -0.15) is 0 Å². The van der Waals surface area contributed by atoms with Crippen LogP contribution < -0.4 is 11.1 Å². The molecule has 2 rings (SSSR count). The average Bonchev–Trinajstić information content (AvgIpc) is 2.12. The average molecular weight is 227 g/mol. The predicted molar refractivity (Wildman–Crippen MR) is 63.7 cm³/mol. The molecular formula is C11H18FN3O. The molecular weight excluding hydrogens is 209 g/mol. The highest BCUT2D eigenvalue weighted by atomic mass is 19.1. The summed E-state index contributed by atoms with van der Waals surface area (Å²) in [6, 6.07) is 3.94. The van der Waals surface area contributed by atoms with Crippen molar-refractivity contribution in [2.24, 2.45) is 5.73 Å². The molecule has 90 valence electrons. The van der Waals surface area contributed by atoms with Gasteiger partial charge in [0, 0.05) is 20.6 Å². The lowest BCUT2D eigenvalue weighted by Gasteiger charge is -2.30. The molecule has 0 aliphatic carbocycles. The molecule has 1 heterocycles. The van der Waals surface area contributed by atoms with Gasteiger partial charge in [0.25, 0.3) is 0 Å². The van der Waals surface area contributed by atoms with E-state index in [1.54, 1.807) is 12.1 Å². The molecule has 0 radical (unpaired) electrons.